The normalized spacial score (nSPS) is 18.3. The van der Waals surface area contributed by atoms with Crippen molar-refractivity contribution in [2.24, 2.45) is 0 Å². The van der Waals surface area contributed by atoms with Gasteiger partial charge in [0.2, 0.25) is 11.1 Å². The Morgan fingerprint density at radius 2 is 1.96 bits per heavy atom. The Labute approximate surface area is 174 Å². The first kappa shape index (κ1) is 18.9. The van der Waals surface area contributed by atoms with Gasteiger partial charge < -0.3 is 10.7 Å². The molecule has 0 saturated carbocycles. The summed E-state index contributed by atoms with van der Waals surface area (Å²) in [5, 5.41) is 11.3. The van der Waals surface area contributed by atoms with E-state index in [1.165, 1.54) is 23.9 Å². The third kappa shape index (κ3) is 3.64. The van der Waals surface area contributed by atoms with E-state index in [1.807, 2.05) is 32.0 Å². The van der Waals surface area contributed by atoms with E-state index in [-0.39, 0.29) is 17.8 Å². The summed E-state index contributed by atoms with van der Waals surface area (Å²) >= 11 is 4.76. The Hall–Kier alpha value is -2.39. The third-order valence-electron chi connectivity index (χ3n) is 4.53. The number of carbonyl (C=O) groups is 1. The van der Waals surface area contributed by atoms with Gasteiger partial charge in [0.1, 0.15) is 16.9 Å². The minimum absolute atomic E-state index is 0.163. The lowest BCUT2D eigenvalue weighted by Gasteiger charge is -2.32. The zero-order valence-corrected chi connectivity index (χ0v) is 17.5. The molecule has 144 valence electrons. The summed E-state index contributed by atoms with van der Waals surface area (Å²) in [7, 11) is 0. The number of nitrogens with one attached hydrogen (secondary N) is 2. The monoisotopic (exact) mass is 461 g/mol. The Kier molecular flexibility index (Phi) is 5.11. The summed E-state index contributed by atoms with van der Waals surface area (Å²) in [6.07, 6.45) is 0. The summed E-state index contributed by atoms with van der Waals surface area (Å²) in [5.74, 6) is 0.209. The predicted molar refractivity (Wildman–Crippen MR) is 110 cm³/mol. The topological polar surface area (TPSA) is 71.8 Å². The van der Waals surface area contributed by atoms with Gasteiger partial charge in [-0.05, 0) is 55.3 Å². The number of halogens is 2. The van der Waals surface area contributed by atoms with Crippen molar-refractivity contribution >= 4 is 39.3 Å². The van der Waals surface area contributed by atoms with Crippen LogP contribution in [0.1, 0.15) is 23.0 Å². The molecule has 2 N–H and O–H groups in total. The van der Waals surface area contributed by atoms with Crippen LogP contribution in [-0.2, 0) is 4.79 Å². The average molecular weight is 462 g/mol. The number of rotatable bonds is 3. The van der Waals surface area contributed by atoms with E-state index in [0.29, 0.717) is 11.0 Å². The van der Waals surface area contributed by atoms with E-state index in [0.717, 1.165) is 21.3 Å². The van der Waals surface area contributed by atoms with E-state index in [9.17, 15) is 9.18 Å². The Balaban J connectivity index is 1.67. The fraction of sp³-hybridized carbons (Fsp3) is 0.211. The van der Waals surface area contributed by atoms with Crippen LogP contribution in [-0.4, -0.2) is 26.0 Å². The fourth-order valence-electron chi connectivity index (χ4n) is 3.05. The zero-order chi connectivity index (χ0) is 19.8. The highest BCUT2D eigenvalue weighted by molar-refractivity contribution is 9.10. The highest BCUT2D eigenvalue weighted by Crippen LogP contribution is 2.37. The van der Waals surface area contributed by atoms with Crippen LogP contribution in [0.15, 0.2) is 52.1 Å². The Morgan fingerprint density at radius 3 is 2.68 bits per heavy atom. The molecule has 0 saturated heterocycles. The second-order valence-corrected chi connectivity index (χ2v) is 8.53. The summed E-state index contributed by atoms with van der Waals surface area (Å²) in [5.41, 5.74) is 5.81. The van der Waals surface area contributed by atoms with Crippen LogP contribution in [0.5, 0.6) is 0 Å². The van der Waals surface area contributed by atoms with Gasteiger partial charge in [0.15, 0.2) is 0 Å². The van der Waals surface area contributed by atoms with Gasteiger partial charge in [-0.3, -0.25) is 4.79 Å². The summed E-state index contributed by atoms with van der Waals surface area (Å²) in [4.78, 5) is 13.2. The first-order chi connectivity index (χ1) is 13.4. The molecule has 2 atom stereocenters. The largest absolute Gasteiger partial charge is 0.325 e. The maximum Gasteiger partial charge on any atom is 0.240 e. The van der Waals surface area contributed by atoms with Gasteiger partial charge in [-0.1, -0.05) is 39.8 Å². The van der Waals surface area contributed by atoms with Crippen molar-refractivity contribution in [2.45, 2.75) is 30.3 Å². The number of thioether (sulfide) groups is 1. The third-order valence-corrected chi connectivity index (χ3v) is 6.24. The van der Waals surface area contributed by atoms with E-state index >= 15 is 0 Å². The molecule has 2 aromatic carbocycles. The van der Waals surface area contributed by atoms with E-state index in [2.05, 4.69) is 36.9 Å². The van der Waals surface area contributed by atoms with Crippen molar-refractivity contribution in [2.75, 3.05) is 10.7 Å². The van der Waals surface area contributed by atoms with Crippen molar-refractivity contribution in [1.29, 1.82) is 0 Å². The molecule has 6 nitrogen and oxygen atoms in total. The fourth-order valence-corrected chi connectivity index (χ4v) is 4.65. The number of anilines is 1. The van der Waals surface area contributed by atoms with Gasteiger partial charge in [-0.15, -0.1) is 10.2 Å². The zero-order valence-electron chi connectivity index (χ0n) is 15.1. The number of nitrogens with zero attached hydrogens (tertiary/aromatic N) is 3. The Bertz CT molecular complexity index is 1040. The second-order valence-electron chi connectivity index (χ2n) is 6.51. The molecule has 1 amide bonds. The lowest BCUT2D eigenvalue weighted by molar-refractivity contribution is -0.116. The number of benzene rings is 2. The number of hydrogen-bond acceptors (Lipinski definition) is 5. The van der Waals surface area contributed by atoms with Gasteiger partial charge >= 0.3 is 0 Å². The first-order valence-electron chi connectivity index (χ1n) is 8.60. The highest BCUT2D eigenvalue weighted by Gasteiger charge is 2.37. The molecular weight excluding hydrogens is 445 g/mol. The Morgan fingerprint density at radius 1 is 1.21 bits per heavy atom. The summed E-state index contributed by atoms with van der Waals surface area (Å²) in [6, 6.07) is 11.5. The van der Waals surface area contributed by atoms with Crippen LogP contribution in [0.3, 0.4) is 0 Å². The lowest BCUT2D eigenvalue weighted by atomic mass is 10.0. The molecule has 28 heavy (non-hydrogen) atoms. The van der Waals surface area contributed by atoms with Crippen LogP contribution in [0.2, 0.25) is 0 Å². The smallest absolute Gasteiger partial charge is 0.240 e. The van der Waals surface area contributed by atoms with Crippen LogP contribution in [0.4, 0.5) is 10.1 Å². The molecule has 0 radical (unpaired) electrons. The molecule has 1 aromatic heterocycles. The predicted octanol–water partition coefficient (Wildman–Crippen LogP) is 4.19. The minimum atomic E-state index is -0.510. The molecule has 0 spiro atoms. The quantitative estimate of drug-likeness (QED) is 0.611. The molecule has 1 aliphatic heterocycles. The SMILES string of the molecule is Cc1cc(Br)ccc1NC(=O)[C@@H]1Sc2nnc(C)n2N[C@H]1c1ccc(F)cc1. The molecule has 9 heteroatoms. The highest BCUT2D eigenvalue weighted by atomic mass is 79.9. The molecule has 0 aliphatic carbocycles. The average Bonchev–Trinajstić information content (AvgIpc) is 3.04. The van der Waals surface area contributed by atoms with Crippen molar-refractivity contribution in [3.8, 4) is 0 Å². The van der Waals surface area contributed by atoms with Crippen molar-refractivity contribution in [1.82, 2.24) is 14.9 Å². The number of aromatic nitrogens is 3. The minimum Gasteiger partial charge on any atom is -0.325 e. The van der Waals surface area contributed by atoms with Gasteiger partial charge in [0, 0.05) is 10.2 Å². The molecule has 1 aliphatic rings. The number of fused-ring (bicyclic) bond motifs is 1. The molecule has 2 heterocycles. The number of amides is 1. The summed E-state index contributed by atoms with van der Waals surface area (Å²) in [6.45, 7) is 3.77. The molecule has 4 rings (SSSR count). The standard InChI is InChI=1S/C19H17BrFN5OS/c1-10-9-13(20)5-8-15(10)22-18(27)17-16(12-3-6-14(21)7-4-12)25-26-11(2)23-24-19(26)28-17/h3-9,16-17,25H,1-2H3,(H,22,27)/t16-,17+/m0/s1. The number of hydrogen-bond donors (Lipinski definition) is 2. The van der Waals surface area contributed by atoms with Gasteiger partial charge in [-0.2, -0.15) is 0 Å². The molecule has 0 bridgehead atoms. The van der Waals surface area contributed by atoms with Gasteiger partial charge in [-0.25, -0.2) is 9.07 Å². The second kappa shape index (κ2) is 7.56. The lowest BCUT2D eigenvalue weighted by Crippen LogP contribution is -2.41. The first-order valence-corrected chi connectivity index (χ1v) is 10.3. The molecule has 0 fully saturated rings. The van der Waals surface area contributed by atoms with Crippen LogP contribution in [0.25, 0.3) is 0 Å². The van der Waals surface area contributed by atoms with Gasteiger partial charge in [0.05, 0.1) is 6.04 Å². The van der Waals surface area contributed by atoms with E-state index in [1.54, 1.807) is 16.8 Å². The van der Waals surface area contributed by atoms with Crippen LogP contribution >= 0.6 is 27.7 Å². The van der Waals surface area contributed by atoms with Gasteiger partial charge in [0.25, 0.3) is 0 Å². The maximum absolute atomic E-state index is 13.4. The van der Waals surface area contributed by atoms with Crippen LogP contribution < -0.4 is 10.7 Å². The van der Waals surface area contributed by atoms with E-state index in [4.69, 9.17) is 0 Å². The molecule has 0 unspecified atom stereocenters. The number of aryl methyl sites for hydroxylation is 2. The van der Waals surface area contributed by atoms with Crippen molar-refractivity contribution in [3.63, 3.8) is 0 Å². The van der Waals surface area contributed by atoms with Crippen LogP contribution in [0, 0.1) is 19.7 Å². The summed E-state index contributed by atoms with van der Waals surface area (Å²) < 4.78 is 16.1. The molecular formula is C19H17BrFN5OS. The maximum atomic E-state index is 13.4. The van der Waals surface area contributed by atoms with Crippen molar-refractivity contribution in [3.05, 3.63) is 69.7 Å². The number of carbonyl (C=O) groups excluding carboxylic acids is 1. The molecule has 3 aromatic rings. The van der Waals surface area contributed by atoms with Crippen molar-refractivity contribution < 1.29 is 9.18 Å². The van der Waals surface area contributed by atoms with E-state index < -0.39 is 5.25 Å².